The van der Waals surface area contributed by atoms with Gasteiger partial charge in [0.2, 0.25) is 0 Å². The molecule has 1 aromatic carbocycles. The van der Waals surface area contributed by atoms with Gasteiger partial charge in [-0.15, -0.1) is 0 Å². The summed E-state index contributed by atoms with van der Waals surface area (Å²) in [6, 6.07) is 7.14. The van der Waals surface area contributed by atoms with Gasteiger partial charge in [0, 0.05) is 17.9 Å². The third kappa shape index (κ3) is 3.84. The molecule has 24 heavy (non-hydrogen) atoms. The summed E-state index contributed by atoms with van der Waals surface area (Å²) in [6.45, 7) is 0.545. The van der Waals surface area contributed by atoms with Crippen LogP contribution in [0.15, 0.2) is 35.5 Å². The lowest BCUT2D eigenvalue weighted by Gasteiger charge is -2.31. The molecule has 0 saturated heterocycles. The van der Waals surface area contributed by atoms with E-state index in [-0.39, 0.29) is 31.2 Å². The summed E-state index contributed by atoms with van der Waals surface area (Å²) >= 11 is 0. The van der Waals surface area contributed by atoms with Gasteiger partial charge in [0.05, 0.1) is 33.0 Å². The minimum Gasteiger partial charge on any atom is -0.466 e. The number of nitrogens with one attached hydrogen (secondary N) is 1. The fourth-order valence-corrected chi connectivity index (χ4v) is 2.31. The summed E-state index contributed by atoms with van der Waals surface area (Å²) in [7, 11) is 2.49. The van der Waals surface area contributed by atoms with Crippen molar-refractivity contribution in [3.63, 3.8) is 0 Å². The van der Waals surface area contributed by atoms with Crippen molar-refractivity contribution in [3.05, 3.63) is 35.5 Å². The number of aliphatic hydroxyl groups is 1. The summed E-state index contributed by atoms with van der Waals surface area (Å²) < 4.78 is 14.9. The molecule has 1 aliphatic rings. The van der Waals surface area contributed by atoms with Crippen LogP contribution < -0.4 is 10.2 Å². The molecule has 1 heterocycles. The van der Waals surface area contributed by atoms with Gasteiger partial charge in [0.1, 0.15) is 12.4 Å². The van der Waals surface area contributed by atoms with Gasteiger partial charge in [-0.1, -0.05) is 0 Å². The lowest BCUT2D eigenvalue weighted by molar-refractivity contribution is -0.140. The predicted molar refractivity (Wildman–Crippen MR) is 86.4 cm³/mol. The van der Waals surface area contributed by atoms with E-state index < -0.39 is 11.9 Å². The van der Waals surface area contributed by atoms with Gasteiger partial charge in [-0.3, -0.25) is 0 Å². The first-order chi connectivity index (χ1) is 11.6. The number of rotatable bonds is 6. The Morgan fingerprint density at radius 1 is 1.21 bits per heavy atom. The van der Waals surface area contributed by atoms with Crippen LogP contribution in [0.2, 0.25) is 0 Å². The van der Waals surface area contributed by atoms with Crippen molar-refractivity contribution in [2.75, 3.05) is 50.9 Å². The molecular formula is C16H20N2O6. The van der Waals surface area contributed by atoms with Crippen molar-refractivity contribution in [3.8, 4) is 0 Å². The van der Waals surface area contributed by atoms with E-state index in [0.717, 1.165) is 5.69 Å². The number of nitrogens with zero attached hydrogens (tertiary/aromatic N) is 1. The van der Waals surface area contributed by atoms with E-state index in [1.54, 1.807) is 29.2 Å². The van der Waals surface area contributed by atoms with Crippen molar-refractivity contribution in [2.24, 2.45) is 0 Å². The highest BCUT2D eigenvalue weighted by Crippen LogP contribution is 2.27. The van der Waals surface area contributed by atoms with Crippen LogP contribution in [-0.4, -0.2) is 57.8 Å². The zero-order valence-corrected chi connectivity index (χ0v) is 13.6. The maximum atomic E-state index is 12.2. The summed E-state index contributed by atoms with van der Waals surface area (Å²) in [5.74, 6) is -1.28. The summed E-state index contributed by atoms with van der Waals surface area (Å²) in [6.07, 6.45) is 0. The quantitative estimate of drug-likeness (QED) is 0.724. The number of hydrogen-bond acceptors (Lipinski definition) is 8. The van der Waals surface area contributed by atoms with Crippen LogP contribution in [0.25, 0.3) is 0 Å². The summed E-state index contributed by atoms with van der Waals surface area (Å²) in [4.78, 5) is 25.6. The van der Waals surface area contributed by atoms with E-state index in [1.165, 1.54) is 14.2 Å². The molecule has 130 valence electrons. The second kappa shape index (κ2) is 8.32. The van der Waals surface area contributed by atoms with Gasteiger partial charge in [-0.05, 0) is 24.3 Å². The van der Waals surface area contributed by atoms with Gasteiger partial charge in [-0.2, -0.15) is 0 Å². The van der Waals surface area contributed by atoms with Crippen molar-refractivity contribution in [1.29, 1.82) is 0 Å². The Morgan fingerprint density at radius 2 is 1.88 bits per heavy atom. The molecule has 0 fully saturated rings. The molecule has 0 atom stereocenters. The Labute approximate surface area is 139 Å². The topological polar surface area (TPSA) is 97.3 Å². The third-order valence-corrected chi connectivity index (χ3v) is 3.45. The Bertz CT molecular complexity index is 626. The first-order valence-electron chi connectivity index (χ1n) is 7.32. The van der Waals surface area contributed by atoms with Gasteiger partial charge >= 0.3 is 11.9 Å². The molecule has 2 rings (SSSR count). The molecule has 1 aliphatic heterocycles. The molecule has 1 aromatic rings. The van der Waals surface area contributed by atoms with Crippen LogP contribution in [0.5, 0.6) is 0 Å². The molecule has 8 nitrogen and oxygen atoms in total. The Morgan fingerprint density at radius 3 is 2.46 bits per heavy atom. The minimum atomic E-state index is -0.638. The Kier molecular flexibility index (Phi) is 6.16. The standard InChI is InChI=1S/C16H20N2O6/c1-22-15(20)13-9-24-10-18(14(13)16(21)23-2)12-5-3-11(4-6-12)17-7-8-19/h3-6,17,19H,7-10H2,1-2H3. The number of carbonyl (C=O) groups excluding carboxylic acids is 2. The number of esters is 2. The van der Waals surface area contributed by atoms with Crippen LogP contribution in [0.3, 0.4) is 0 Å². The molecule has 2 N–H and O–H groups in total. The van der Waals surface area contributed by atoms with Crippen molar-refractivity contribution in [2.45, 2.75) is 0 Å². The second-order valence-corrected chi connectivity index (χ2v) is 4.91. The number of hydrogen-bond donors (Lipinski definition) is 2. The van der Waals surface area contributed by atoms with E-state index in [4.69, 9.17) is 19.3 Å². The van der Waals surface area contributed by atoms with E-state index >= 15 is 0 Å². The fraction of sp³-hybridized carbons (Fsp3) is 0.375. The van der Waals surface area contributed by atoms with Crippen LogP contribution in [0.1, 0.15) is 0 Å². The van der Waals surface area contributed by atoms with Gasteiger partial charge < -0.3 is 29.5 Å². The number of carbonyl (C=O) groups is 2. The maximum absolute atomic E-state index is 12.2. The average Bonchev–Trinajstić information content (AvgIpc) is 2.64. The molecule has 0 bridgehead atoms. The molecule has 0 unspecified atom stereocenters. The van der Waals surface area contributed by atoms with Crippen molar-refractivity contribution < 1.29 is 28.9 Å². The zero-order chi connectivity index (χ0) is 17.5. The molecule has 0 aromatic heterocycles. The van der Waals surface area contributed by atoms with E-state index in [1.807, 2.05) is 0 Å². The zero-order valence-electron chi connectivity index (χ0n) is 13.6. The Hall–Kier alpha value is -2.58. The minimum absolute atomic E-state index is 0.0241. The highest BCUT2D eigenvalue weighted by molar-refractivity contribution is 6.03. The largest absolute Gasteiger partial charge is 0.466 e. The first-order valence-corrected chi connectivity index (χ1v) is 7.32. The normalized spacial score (nSPS) is 14.4. The molecule has 0 spiro atoms. The van der Waals surface area contributed by atoms with Crippen LogP contribution in [0.4, 0.5) is 11.4 Å². The molecule has 8 heteroatoms. The lowest BCUT2D eigenvalue weighted by Crippen LogP contribution is -2.38. The third-order valence-electron chi connectivity index (χ3n) is 3.45. The molecular weight excluding hydrogens is 316 g/mol. The first kappa shape index (κ1) is 17.8. The highest BCUT2D eigenvalue weighted by Gasteiger charge is 2.32. The highest BCUT2D eigenvalue weighted by atomic mass is 16.5. The SMILES string of the molecule is COC(=O)C1=C(C(=O)OC)N(c2ccc(NCCO)cc2)COC1. The van der Waals surface area contributed by atoms with Gasteiger partial charge in [-0.25, -0.2) is 9.59 Å². The average molecular weight is 336 g/mol. The van der Waals surface area contributed by atoms with Crippen molar-refractivity contribution >= 4 is 23.3 Å². The Balaban J connectivity index is 2.35. The van der Waals surface area contributed by atoms with Crippen molar-refractivity contribution in [1.82, 2.24) is 0 Å². The number of ether oxygens (including phenoxy) is 3. The summed E-state index contributed by atoms with van der Waals surface area (Å²) in [5.41, 5.74) is 1.69. The monoisotopic (exact) mass is 336 g/mol. The van der Waals surface area contributed by atoms with Gasteiger partial charge in [0.25, 0.3) is 0 Å². The van der Waals surface area contributed by atoms with Crippen LogP contribution >= 0.6 is 0 Å². The predicted octanol–water partition coefficient (Wildman–Crippen LogP) is 0.485. The smallest absolute Gasteiger partial charge is 0.355 e. The summed E-state index contributed by atoms with van der Waals surface area (Å²) in [5, 5.41) is 11.9. The molecule has 0 aliphatic carbocycles. The molecule has 0 radical (unpaired) electrons. The fourth-order valence-electron chi connectivity index (χ4n) is 2.31. The molecule has 0 saturated carbocycles. The molecule has 0 amide bonds. The number of methoxy groups -OCH3 is 2. The number of anilines is 2. The number of aliphatic hydroxyl groups excluding tert-OH is 1. The van der Waals surface area contributed by atoms with Crippen LogP contribution in [0, 0.1) is 0 Å². The van der Waals surface area contributed by atoms with Crippen LogP contribution in [-0.2, 0) is 23.8 Å². The van der Waals surface area contributed by atoms with E-state index in [0.29, 0.717) is 12.2 Å². The maximum Gasteiger partial charge on any atom is 0.355 e. The lowest BCUT2D eigenvalue weighted by atomic mass is 10.1. The van der Waals surface area contributed by atoms with Gasteiger partial charge in [0.15, 0.2) is 0 Å². The van der Waals surface area contributed by atoms with E-state index in [2.05, 4.69) is 5.32 Å². The second-order valence-electron chi connectivity index (χ2n) is 4.91. The number of benzene rings is 1. The van der Waals surface area contributed by atoms with E-state index in [9.17, 15) is 9.59 Å².